The van der Waals surface area contributed by atoms with Gasteiger partial charge in [0.1, 0.15) is 0 Å². The molecular formula is C14H18BNO. The van der Waals surface area contributed by atoms with E-state index in [-0.39, 0.29) is 0 Å². The van der Waals surface area contributed by atoms with Crippen LogP contribution in [0, 0.1) is 0 Å². The van der Waals surface area contributed by atoms with E-state index in [1.807, 2.05) is 12.1 Å². The monoisotopic (exact) mass is 227 g/mol. The maximum absolute atomic E-state index is 5.01. The van der Waals surface area contributed by atoms with Gasteiger partial charge in [0.05, 0.1) is 0 Å². The van der Waals surface area contributed by atoms with Gasteiger partial charge in [-0.2, -0.15) is 0 Å². The molecule has 0 fully saturated rings. The summed E-state index contributed by atoms with van der Waals surface area (Å²) in [6.45, 7) is 1.29. The predicted molar refractivity (Wildman–Crippen MR) is 75.4 cm³/mol. The van der Waals surface area contributed by atoms with Gasteiger partial charge in [0.25, 0.3) is 8.05 Å². The summed E-state index contributed by atoms with van der Waals surface area (Å²) in [6.07, 6.45) is 0. The van der Waals surface area contributed by atoms with E-state index in [1.165, 1.54) is 11.1 Å². The van der Waals surface area contributed by atoms with Crippen LogP contribution >= 0.6 is 0 Å². The number of nitrogens with two attached hydrogens (primary N) is 1. The molecule has 0 amide bonds. The number of rotatable bonds is 3. The Morgan fingerprint density at radius 2 is 1.24 bits per heavy atom. The first-order chi connectivity index (χ1) is 8.38. The average molecular weight is 227 g/mol. The third-order valence-electron chi connectivity index (χ3n) is 2.20. The Morgan fingerprint density at radius 1 is 0.824 bits per heavy atom. The molecule has 3 heteroatoms. The highest BCUT2D eigenvalue weighted by molar-refractivity contribution is 5.97. The van der Waals surface area contributed by atoms with Crippen LogP contribution in [-0.2, 0) is 4.65 Å². The quantitative estimate of drug-likeness (QED) is 0.812. The second kappa shape index (κ2) is 8.56. The van der Waals surface area contributed by atoms with Gasteiger partial charge in [0.15, 0.2) is 0 Å². The number of hydrogen-bond acceptors (Lipinski definition) is 2. The van der Waals surface area contributed by atoms with Crippen LogP contribution < -0.4 is 5.73 Å². The van der Waals surface area contributed by atoms with Crippen molar-refractivity contribution in [3.8, 4) is 11.1 Å². The highest BCUT2D eigenvalue weighted by Gasteiger charge is 1.91. The third kappa shape index (κ3) is 5.34. The van der Waals surface area contributed by atoms with Gasteiger partial charge in [-0.3, -0.25) is 0 Å². The minimum absolute atomic E-state index is 0.622. The topological polar surface area (TPSA) is 35.2 Å². The highest BCUT2D eigenvalue weighted by atomic mass is 16.4. The molecule has 0 aliphatic heterocycles. The molecule has 0 heterocycles. The van der Waals surface area contributed by atoms with Crippen molar-refractivity contribution in [1.82, 2.24) is 0 Å². The van der Waals surface area contributed by atoms with Crippen LogP contribution in [0.2, 0.25) is 0 Å². The van der Waals surface area contributed by atoms with Gasteiger partial charge in [-0.25, -0.2) is 0 Å². The van der Waals surface area contributed by atoms with Crippen molar-refractivity contribution in [1.29, 1.82) is 0 Å². The molecule has 0 bridgehead atoms. The Balaban J connectivity index is 0.000000249. The molecule has 2 aromatic carbocycles. The van der Waals surface area contributed by atoms with Crippen LogP contribution in [0.3, 0.4) is 0 Å². The molecule has 0 radical (unpaired) electrons. The molecule has 0 saturated carbocycles. The molecule has 0 spiro atoms. The molecule has 2 nitrogen and oxygen atoms in total. The molecule has 2 rings (SSSR count). The lowest BCUT2D eigenvalue weighted by atomic mass is 10.1. The molecule has 0 aromatic heterocycles. The molecule has 2 aromatic rings. The van der Waals surface area contributed by atoms with Crippen LogP contribution in [0.4, 0.5) is 0 Å². The minimum atomic E-state index is 0.622. The van der Waals surface area contributed by atoms with Crippen molar-refractivity contribution in [3.05, 3.63) is 60.7 Å². The summed E-state index contributed by atoms with van der Waals surface area (Å²) in [5.41, 5.74) is 7.57. The van der Waals surface area contributed by atoms with Crippen LogP contribution in [0.25, 0.3) is 11.1 Å². The molecule has 0 aliphatic rings. The summed E-state index contributed by atoms with van der Waals surface area (Å²) in [6, 6.07) is 20.8. The van der Waals surface area contributed by atoms with E-state index in [0.29, 0.717) is 13.2 Å². The zero-order valence-corrected chi connectivity index (χ0v) is 10.2. The molecule has 0 saturated heterocycles. The Labute approximate surface area is 104 Å². The van der Waals surface area contributed by atoms with Crippen LogP contribution in [-0.4, -0.2) is 21.2 Å². The van der Waals surface area contributed by atoms with Gasteiger partial charge in [-0.05, 0) is 11.1 Å². The van der Waals surface area contributed by atoms with Gasteiger partial charge in [-0.15, -0.1) is 0 Å². The lowest BCUT2D eigenvalue weighted by molar-refractivity contribution is 0.361. The summed E-state index contributed by atoms with van der Waals surface area (Å²) in [4.78, 5) is 0. The average Bonchev–Trinajstić information content (AvgIpc) is 2.42. The van der Waals surface area contributed by atoms with Gasteiger partial charge < -0.3 is 10.4 Å². The van der Waals surface area contributed by atoms with Crippen molar-refractivity contribution in [2.45, 2.75) is 0 Å². The molecule has 0 aliphatic carbocycles. The smallest absolute Gasteiger partial charge is 0.257 e. The Morgan fingerprint density at radius 3 is 1.47 bits per heavy atom. The summed E-state index contributed by atoms with van der Waals surface area (Å²) in [5, 5.41) is 0. The first-order valence-corrected chi connectivity index (χ1v) is 5.68. The van der Waals surface area contributed by atoms with Crippen LogP contribution in [0.5, 0.6) is 0 Å². The largest absolute Gasteiger partial charge is 0.443 e. The van der Waals surface area contributed by atoms with Crippen molar-refractivity contribution in [3.63, 3.8) is 0 Å². The first-order valence-electron chi connectivity index (χ1n) is 5.68. The fraction of sp³-hybridized carbons (Fsp3) is 0.143. The standard InChI is InChI=1S/C12H10.C2H8BNO/c1-3-7-11(8-4-1)12-9-5-2-6-10-12;3-5-2-1-4/h1-10H;1-4H2. The molecule has 17 heavy (non-hydrogen) atoms. The molecule has 2 N–H and O–H groups in total. The van der Waals surface area contributed by atoms with Crippen LogP contribution in [0.15, 0.2) is 60.7 Å². The molecule has 0 unspecified atom stereocenters. The zero-order valence-electron chi connectivity index (χ0n) is 10.2. The van der Waals surface area contributed by atoms with Gasteiger partial charge in [0, 0.05) is 13.2 Å². The lowest BCUT2D eigenvalue weighted by Gasteiger charge is -1.98. The highest BCUT2D eigenvalue weighted by Crippen LogP contribution is 2.17. The number of hydrogen-bond donors (Lipinski definition) is 1. The fourth-order valence-electron chi connectivity index (χ4n) is 1.38. The van der Waals surface area contributed by atoms with Crippen LogP contribution in [0.1, 0.15) is 0 Å². The predicted octanol–water partition coefficient (Wildman–Crippen LogP) is 1.86. The van der Waals surface area contributed by atoms with Gasteiger partial charge in [0.2, 0.25) is 0 Å². The Kier molecular flexibility index (Phi) is 6.79. The molecule has 0 atom stereocenters. The Hall–Kier alpha value is -1.58. The van der Waals surface area contributed by atoms with Crippen molar-refractivity contribution < 1.29 is 4.65 Å². The second-order valence-corrected chi connectivity index (χ2v) is 3.51. The third-order valence-corrected chi connectivity index (χ3v) is 2.20. The van der Waals surface area contributed by atoms with Crippen molar-refractivity contribution in [2.75, 3.05) is 13.2 Å². The fourth-order valence-corrected chi connectivity index (χ4v) is 1.38. The van der Waals surface area contributed by atoms with E-state index < -0.39 is 0 Å². The SMILES string of the molecule is BOCCN.c1ccc(-c2ccccc2)cc1. The summed E-state index contributed by atoms with van der Waals surface area (Å²) in [7, 11) is 1.63. The number of benzene rings is 2. The van der Waals surface area contributed by atoms with E-state index in [9.17, 15) is 0 Å². The normalized spacial score (nSPS) is 9.24. The van der Waals surface area contributed by atoms with E-state index in [1.54, 1.807) is 8.05 Å². The van der Waals surface area contributed by atoms with E-state index in [4.69, 9.17) is 5.73 Å². The minimum Gasteiger partial charge on any atom is -0.443 e. The second-order valence-electron chi connectivity index (χ2n) is 3.51. The summed E-state index contributed by atoms with van der Waals surface area (Å²) >= 11 is 0. The summed E-state index contributed by atoms with van der Waals surface area (Å²) < 4.78 is 4.57. The van der Waals surface area contributed by atoms with E-state index in [2.05, 4.69) is 53.2 Å². The van der Waals surface area contributed by atoms with Gasteiger partial charge in [-0.1, -0.05) is 60.7 Å². The maximum Gasteiger partial charge on any atom is 0.257 e. The summed E-state index contributed by atoms with van der Waals surface area (Å²) in [5.74, 6) is 0. The van der Waals surface area contributed by atoms with E-state index >= 15 is 0 Å². The molecular weight excluding hydrogens is 209 g/mol. The molecule has 88 valence electrons. The first kappa shape index (κ1) is 13.5. The van der Waals surface area contributed by atoms with Crippen molar-refractivity contribution in [2.24, 2.45) is 5.73 Å². The zero-order chi connectivity index (χ0) is 12.3. The van der Waals surface area contributed by atoms with Gasteiger partial charge >= 0.3 is 0 Å². The Bertz CT molecular complexity index is 352. The maximum atomic E-state index is 5.01. The van der Waals surface area contributed by atoms with E-state index in [0.717, 1.165) is 0 Å². The lowest BCUT2D eigenvalue weighted by Crippen LogP contribution is -2.05. The van der Waals surface area contributed by atoms with Crippen molar-refractivity contribution >= 4 is 8.05 Å².